The molecule has 4 rings (SSSR count). The number of methoxy groups -OCH3 is 1. The topological polar surface area (TPSA) is 59.8 Å². The Balaban J connectivity index is 1.33. The van der Waals surface area contributed by atoms with Gasteiger partial charge in [-0.25, -0.2) is 0 Å². The van der Waals surface area contributed by atoms with Crippen molar-refractivity contribution < 1.29 is 14.0 Å². The van der Waals surface area contributed by atoms with Crippen molar-refractivity contribution in [2.24, 2.45) is 5.92 Å². The number of nitrogens with zero attached hydrogens (tertiary/aromatic N) is 1. The third kappa shape index (κ3) is 3.26. The monoisotopic (exact) mass is 314 g/mol. The van der Waals surface area contributed by atoms with Crippen molar-refractivity contribution >= 4 is 0 Å². The smallest absolute Gasteiger partial charge is 0.151 e. The molecule has 1 N–H and O–H groups in total. The summed E-state index contributed by atoms with van der Waals surface area (Å²) in [4.78, 5) is 0. The Morgan fingerprint density at radius 3 is 2.96 bits per heavy atom. The first-order valence-corrected chi connectivity index (χ1v) is 8.32. The lowest BCUT2D eigenvalue weighted by atomic mass is 10.0. The van der Waals surface area contributed by atoms with Crippen LogP contribution in [0.2, 0.25) is 0 Å². The van der Waals surface area contributed by atoms with Gasteiger partial charge in [-0.15, -0.1) is 0 Å². The Bertz CT molecular complexity index is 664. The molecular formula is C18H22N2O3. The van der Waals surface area contributed by atoms with Crippen LogP contribution in [0.15, 0.2) is 34.9 Å². The molecular weight excluding hydrogens is 292 g/mol. The van der Waals surface area contributed by atoms with Crippen LogP contribution in [0.25, 0.3) is 11.3 Å². The molecule has 2 heterocycles. The third-order valence-corrected chi connectivity index (χ3v) is 4.79. The first-order valence-electron chi connectivity index (χ1n) is 8.32. The highest BCUT2D eigenvalue weighted by Gasteiger charge is 2.45. The summed E-state index contributed by atoms with van der Waals surface area (Å²) in [6, 6.07) is 9.78. The van der Waals surface area contributed by atoms with Gasteiger partial charge in [-0.05, 0) is 30.9 Å². The van der Waals surface area contributed by atoms with Crippen LogP contribution in [0.5, 0.6) is 5.75 Å². The molecule has 23 heavy (non-hydrogen) atoms. The predicted octanol–water partition coefficient (Wildman–Crippen LogP) is 3.35. The van der Waals surface area contributed by atoms with Gasteiger partial charge in [-0.2, -0.15) is 0 Å². The Hall–Kier alpha value is -1.85. The van der Waals surface area contributed by atoms with E-state index in [4.69, 9.17) is 14.0 Å². The van der Waals surface area contributed by atoms with Gasteiger partial charge in [0.05, 0.1) is 13.7 Å². The van der Waals surface area contributed by atoms with Crippen molar-refractivity contribution in [3.05, 3.63) is 36.1 Å². The molecule has 2 atom stereocenters. The summed E-state index contributed by atoms with van der Waals surface area (Å²) >= 11 is 0. The Morgan fingerprint density at radius 2 is 2.13 bits per heavy atom. The number of aromatic nitrogens is 1. The quantitative estimate of drug-likeness (QED) is 0.829. The SMILES string of the molecule is COc1cccc(-c2cc(CNC3OC3C3CCCC3)on2)c1. The van der Waals surface area contributed by atoms with Gasteiger partial charge in [-0.3, -0.25) is 5.32 Å². The van der Waals surface area contributed by atoms with E-state index in [0.717, 1.165) is 28.7 Å². The van der Waals surface area contributed by atoms with Crippen molar-refractivity contribution in [3.63, 3.8) is 0 Å². The fourth-order valence-electron chi connectivity index (χ4n) is 3.45. The van der Waals surface area contributed by atoms with Gasteiger partial charge in [-0.1, -0.05) is 30.1 Å². The lowest BCUT2D eigenvalue weighted by molar-refractivity contribution is 0.299. The minimum atomic E-state index is 0.184. The third-order valence-electron chi connectivity index (χ3n) is 4.79. The maximum absolute atomic E-state index is 5.75. The van der Waals surface area contributed by atoms with Crippen molar-refractivity contribution in [2.75, 3.05) is 7.11 Å². The van der Waals surface area contributed by atoms with Crippen molar-refractivity contribution in [3.8, 4) is 17.0 Å². The average Bonchev–Trinajstić information content (AvgIpc) is 3.01. The van der Waals surface area contributed by atoms with E-state index in [1.807, 2.05) is 30.3 Å². The highest BCUT2D eigenvalue weighted by molar-refractivity contribution is 5.60. The number of nitrogens with one attached hydrogen (secondary N) is 1. The molecule has 0 spiro atoms. The first kappa shape index (κ1) is 14.7. The van der Waals surface area contributed by atoms with Gasteiger partial charge < -0.3 is 14.0 Å². The Morgan fingerprint density at radius 1 is 1.26 bits per heavy atom. The molecule has 1 aromatic carbocycles. The minimum absolute atomic E-state index is 0.184. The maximum atomic E-state index is 5.75. The fraction of sp³-hybridized carbons (Fsp3) is 0.500. The highest BCUT2D eigenvalue weighted by atomic mass is 16.6. The summed E-state index contributed by atoms with van der Waals surface area (Å²) in [7, 11) is 1.66. The fourth-order valence-corrected chi connectivity index (χ4v) is 3.45. The standard InChI is InChI=1S/C18H22N2O3/c1-21-14-8-4-7-13(9-14)16-10-15(23-20-16)11-19-18-17(22-18)12-5-2-3-6-12/h4,7-10,12,17-19H,2-3,5-6,11H2,1H3. The van der Waals surface area contributed by atoms with E-state index in [9.17, 15) is 0 Å². The summed E-state index contributed by atoms with van der Waals surface area (Å²) in [5.74, 6) is 2.38. The lowest BCUT2D eigenvalue weighted by Gasteiger charge is -2.03. The molecule has 1 saturated carbocycles. The van der Waals surface area contributed by atoms with E-state index in [2.05, 4.69) is 10.5 Å². The number of benzene rings is 1. The first-order chi connectivity index (χ1) is 11.3. The number of hydrogen-bond acceptors (Lipinski definition) is 5. The lowest BCUT2D eigenvalue weighted by Crippen LogP contribution is -2.21. The zero-order chi connectivity index (χ0) is 15.6. The second kappa shape index (κ2) is 6.34. The van der Waals surface area contributed by atoms with Gasteiger partial charge in [0.1, 0.15) is 23.8 Å². The van der Waals surface area contributed by atoms with E-state index < -0.39 is 0 Å². The van der Waals surface area contributed by atoms with Gasteiger partial charge in [0.25, 0.3) is 0 Å². The van der Waals surface area contributed by atoms with E-state index >= 15 is 0 Å². The molecule has 1 aliphatic heterocycles. The van der Waals surface area contributed by atoms with E-state index in [1.54, 1.807) is 7.11 Å². The summed E-state index contributed by atoms with van der Waals surface area (Å²) in [5, 5.41) is 7.55. The van der Waals surface area contributed by atoms with Crippen molar-refractivity contribution in [2.45, 2.75) is 44.6 Å². The summed E-state index contributed by atoms with van der Waals surface area (Å²) in [6.45, 7) is 0.644. The van der Waals surface area contributed by atoms with Crippen LogP contribution in [0, 0.1) is 5.92 Å². The number of rotatable bonds is 6. The zero-order valence-corrected chi connectivity index (χ0v) is 13.3. The van der Waals surface area contributed by atoms with Crippen LogP contribution in [0.1, 0.15) is 31.4 Å². The molecule has 122 valence electrons. The molecule has 2 fully saturated rings. The summed E-state index contributed by atoms with van der Waals surface area (Å²) < 4.78 is 16.4. The number of hydrogen-bond donors (Lipinski definition) is 1. The normalized spacial score (nSPS) is 24.0. The van der Waals surface area contributed by atoms with Crippen molar-refractivity contribution in [1.29, 1.82) is 0 Å². The molecule has 0 amide bonds. The molecule has 1 saturated heterocycles. The molecule has 5 heteroatoms. The van der Waals surface area contributed by atoms with Crippen LogP contribution in [0.4, 0.5) is 0 Å². The van der Waals surface area contributed by atoms with Gasteiger partial charge >= 0.3 is 0 Å². The average molecular weight is 314 g/mol. The molecule has 2 aliphatic rings. The number of ether oxygens (including phenoxy) is 2. The molecule has 1 aromatic heterocycles. The van der Waals surface area contributed by atoms with Gasteiger partial charge in [0, 0.05) is 11.6 Å². The van der Waals surface area contributed by atoms with Gasteiger partial charge in [0.2, 0.25) is 0 Å². The van der Waals surface area contributed by atoms with Crippen LogP contribution in [-0.4, -0.2) is 24.6 Å². The van der Waals surface area contributed by atoms with E-state index in [-0.39, 0.29) is 6.23 Å². The van der Waals surface area contributed by atoms with Crippen LogP contribution >= 0.6 is 0 Å². The predicted molar refractivity (Wildman–Crippen MR) is 85.9 cm³/mol. The summed E-state index contributed by atoms with van der Waals surface area (Å²) in [5.41, 5.74) is 1.82. The molecule has 2 unspecified atom stereocenters. The largest absolute Gasteiger partial charge is 0.497 e. The molecule has 0 radical (unpaired) electrons. The van der Waals surface area contributed by atoms with Gasteiger partial charge in [0.15, 0.2) is 5.76 Å². The van der Waals surface area contributed by atoms with E-state index in [1.165, 1.54) is 25.7 Å². The van der Waals surface area contributed by atoms with Crippen molar-refractivity contribution in [1.82, 2.24) is 10.5 Å². The second-order valence-electron chi connectivity index (χ2n) is 6.36. The zero-order valence-electron chi connectivity index (χ0n) is 13.3. The number of epoxide rings is 1. The van der Waals surface area contributed by atoms with Crippen LogP contribution < -0.4 is 10.1 Å². The Labute approximate surface area is 136 Å². The Kier molecular flexibility index (Phi) is 4.06. The molecule has 2 aromatic rings. The highest BCUT2D eigenvalue weighted by Crippen LogP contribution is 2.38. The second-order valence-corrected chi connectivity index (χ2v) is 6.36. The van der Waals surface area contributed by atoms with Crippen LogP contribution in [0.3, 0.4) is 0 Å². The van der Waals surface area contributed by atoms with E-state index in [0.29, 0.717) is 12.6 Å². The molecule has 5 nitrogen and oxygen atoms in total. The van der Waals surface area contributed by atoms with Crippen LogP contribution in [-0.2, 0) is 11.3 Å². The minimum Gasteiger partial charge on any atom is -0.497 e. The molecule has 1 aliphatic carbocycles. The summed E-state index contributed by atoms with van der Waals surface area (Å²) in [6.07, 6.45) is 5.91. The molecule has 0 bridgehead atoms. The maximum Gasteiger partial charge on any atom is 0.151 e.